The van der Waals surface area contributed by atoms with E-state index in [1.807, 2.05) is 13.8 Å². The summed E-state index contributed by atoms with van der Waals surface area (Å²) in [4.78, 5) is 0. The molecule has 0 spiro atoms. The molecule has 2 N–H and O–H groups in total. The molecule has 0 aliphatic carbocycles. The van der Waals surface area contributed by atoms with Gasteiger partial charge in [0.05, 0.1) is 13.3 Å². The predicted molar refractivity (Wildman–Crippen MR) is 87.9 cm³/mol. The van der Waals surface area contributed by atoms with Crippen molar-refractivity contribution in [2.24, 2.45) is 5.10 Å². The van der Waals surface area contributed by atoms with Crippen LogP contribution in [-0.2, 0) is 11.8 Å². The number of hydrogen-bond acceptors (Lipinski definition) is 4. The average molecular weight is 313 g/mol. The largest absolute Gasteiger partial charge is 0.508 e. The van der Waals surface area contributed by atoms with E-state index in [1.165, 1.54) is 0 Å². The second-order valence-electron chi connectivity index (χ2n) is 4.68. The van der Waals surface area contributed by atoms with Crippen molar-refractivity contribution >= 4 is 24.9 Å². The highest BCUT2D eigenvalue weighted by Crippen LogP contribution is 2.45. The van der Waals surface area contributed by atoms with Crippen molar-refractivity contribution in [3.8, 4) is 5.75 Å². The third-order valence-corrected chi connectivity index (χ3v) is 6.71. The van der Waals surface area contributed by atoms with Crippen molar-refractivity contribution in [2.45, 2.75) is 38.5 Å². The molecule has 110 valence electrons. The molecule has 0 aliphatic rings. The first kappa shape index (κ1) is 17.0. The average Bonchev–Trinajstić information content (AvgIpc) is 2.45. The normalized spacial score (nSPS) is 15.1. The summed E-state index contributed by atoms with van der Waals surface area (Å²) in [5.74, 6) is 0.226. The van der Waals surface area contributed by atoms with Crippen LogP contribution in [0.15, 0.2) is 29.4 Å². The molecule has 6 heteroatoms. The fraction of sp³-hybridized carbons (Fsp3) is 0.500. The quantitative estimate of drug-likeness (QED) is 0.460. The van der Waals surface area contributed by atoms with Gasteiger partial charge in [0.15, 0.2) is 11.8 Å². The van der Waals surface area contributed by atoms with Crippen molar-refractivity contribution in [1.82, 2.24) is 4.78 Å². The van der Waals surface area contributed by atoms with Gasteiger partial charge in [-0.2, -0.15) is 0 Å². The van der Waals surface area contributed by atoms with Crippen LogP contribution < -0.4 is 0 Å². The number of rotatable bonds is 7. The lowest BCUT2D eigenvalue weighted by Crippen LogP contribution is -2.26. The number of hydrazone groups is 1. The Hall–Kier alpha value is -1.03. The van der Waals surface area contributed by atoms with Crippen LogP contribution in [0.2, 0.25) is 0 Å². The molecule has 0 radical (unpaired) electrons. The van der Waals surface area contributed by atoms with E-state index in [-0.39, 0.29) is 5.75 Å². The third kappa shape index (κ3) is 4.51. The second-order valence-corrected chi connectivity index (χ2v) is 7.68. The van der Waals surface area contributed by atoms with Crippen LogP contribution in [0.25, 0.3) is 0 Å². The summed E-state index contributed by atoms with van der Waals surface area (Å²) in [5.41, 5.74) is 0.878. The Morgan fingerprint density at radius 2 is 1.95 bits per heavy atom. The topological polar surface area (TPSA) is 56.1 Å². The zero-order valence-electron chi connectivity index (χ0n) is 12.2. The number of phenolic OH excluding ortho intramolecular Hbond substituents is 1. The fourth-order valence-electron chi connectivity index (χ4n) is 1.83. The van der Waals surface area contributed by atoms with Crippen LogP contribution >= 0.6 is 6.85 Å². The molecule has 0 bridgehead atoms. The molecule has 1 aromatic rings. The lowest BCUT2D eigenvalue weighted by molar-refractivity contribution is 0.113. The summed E-state index contributed by atoms with van der Waals surface area (Å²) < 4.78 is 1.68. The van der Waals surface area contributed by atoms with Gasteiger partial charge < -0.3 is 10.2 Å². The van der Waals surface area contributed by atoms with Crippen LogP contribution in [0.1, 0.15) is 38.7 Å². The summed E-state index contributed by atoms with van der Waals surface area (Å²) in [7, 11) is 1.80. The Balaban J connectivity index is 2.76. The minimum absolute atomic E-state index is 0.226. The zero-order valence-corrected chi connectivity index (χ0v) is 13.9. The maximum absolute atomic E-state index is 10.6. The second kappa shape index (κ2) is 7.67. The Morgan fingerprint density at radius 1 is 1.35 bits per heavy atom. The number of aliphatic hydroxyl groups is 1. The summed E-state index contributed by atoms with van der Waals surface area (Å²) in [6.07, 6.45) is 3.91. The Bertz CT molecular complexity index is 479. The number of nitrogens with zero attached hydrogens (tertiary/aromatic N) is 2. The van der Waals surface area contributed by atoms with Crippen LogP contribution in [0, 0.1) is 0 Å². The van der Waals surface area contributed by atoms with E-state index in [2.05, 4.69) is 5.10 Å². The van der Waals surface area contributed by atoms with Gasteiger partial charge in [-0.15, -0.1) is 9.88 Å². The lowest BCUT2D eigenvalue weighted by Gasteiger charge is -2.19. The molecule has 0 heterocycles. The number of hydrogen-bond donors (Lipinski definition) is 2. The maximum atomic E-state index is 10.6. The fourth-order valence-corrected chi connectivity index (χ4v) is 3.99. The molecule has 0 aliphatic heterocycles. The van der Waals surface area contributed by atoms with Crippen LogP contribution in [-0.4, -0.2) is 33.6 Å². The minimum atomic E-state index is -1.17. The van der Waals surface area contributed by atoms with Gasteiger partial charge >= 0.3 is 6.85 Å². The van der Waals surface area contributed by atoms with Crippen LogP contribution in [0.3, 0.4) is 0 Å². The lowest BCUT2D eigenvalue weighted by atomic mass is 10.1. The highest BCUT2D eigenvalue weighted by molar-refractivity contribution is 8.04. The van der Waals surface area contributed by atoms with Gasteiger partial charge in [0.1, 0.15) is 5.75 Å². The molecular formula is C14H22N2O2PS+. The molecule has 0 fully saturated rings. The highest BCUT2D eigenvalue weighted by Gasteiger charge is 2.43. The van der Waals surface area contributed by atoms with E-state index in [1.54, 1.807) is 42.3 Å². The first-order valence-corrected chi connectivity index (χ1v) is 9.00. The van der Waals surface area contributed by atoms with E-state index in [0.29, 0.717) is 12.8 Å². The number of phenols is 1. The summed E-state index contributed by atoms with van der Waals surface area (Å²) in [5, 5.41) is 23.3. The number of aromatic hydroxyl groups is 1. The van der Waals surface area contributed by atoms with Crippen LogP contribution in [0.5, 0.6) is 5.75 Å². The molecule has 2 atom stereocenters. The highest BCUT2D eigenvalue weighted by atomic mass is 32.4. The molecule has 1 aromatic carbocycles. The van der Waals surface area contributed by atoms with E-state index >= 15 is 0 Å². The minimum Gasteiger partial charge on any atom is -0.508 e. The van der Waals surface area contributed by atoms with Crippen LogP contribution in [0.4, 0.5) is 0 Å². The molecular weight excluding hydrogens is 291 g/mol. The van der Waals surface area contributed by atoms with Crippen molar-refractivity contribution < 1.29 is 10.2 Å². The van der Waals surface area contributed by atoms with Gasteiger partial charge in [0, 0.05) is 12.8 Å². The van der Waals surface area contributed by atoms with Crippen molar-refractivity contribution in [1.29, 1.82) is 0 Å². The monoisotopic (exact) mass is 313 g/mol. The Kier molecular flexibility index (Phi) is 6.53. The molecule has 0 saturated carbocycles. The Labute approximate surface area is 126 Å². The van der Waals surface area contributed by atoms with Crippen molar-refractivity contribution in [3.63, 3.8) is 0 Å². The molecule has 0 amide bonds. The van der Waals surface area contributed by atoms with Gasteiger partial charge in [-0.1, -0.05) is 13.8 Å². The van der Waals surface area contributed by atoms with Gasteiger partial charge in [0.25, 0.3) is 5.34 Å². The third-order valence-electron chi connectivity index (χ3n) is 3.10. The van der Waals surface area contributed by atoms with Gasteiger partial charge in [-0.25, -0.2) is 0 Å². The molecule has 20 heavy (non-hydrogen) atoms. The standard InChI is InChI=1S/C14H21N2O2PS/c1-4-10-14(18,5-2)19(20)16(3)15-11-12-6-8-13(17)9-7-12/h6-9,11,18H,4-5,10H2,1-3H3/p+1. The maximum Gasteiger partial charge on any atom is 0.345 e. The van der Waals surface area contributed by atoms with Gasteiger partial charge in [0.2, 0.25) is 0 Å². The van der Waals surface area contributed by atoms with E-state index in [4.69, 9.17) is 11.8 Å². The summed E-state index contributed by atoms with van der Waals surface area (Å²) in [6.45, 7) is 2.82. The predicted octanol–water partition coefficient (Wildman–Crippen LogP) is 3.42. The van der Waals surface area contributed by atoms with Gasteiger partial charge in [-0.3, -0.25) is 0 Å². The van der Waals surface area contributed by atoms with E-state index < -0.39 is 12.2 Å². The first-order valence-electron chi connectivity index (χ1n) is 6.69. The smallest absolute Gasteiger partial charge is 0.345 e. The Morgan fingerprint density at radius 3 is 2.45 bits per heavy atom. The molecule has 1 rings (SSSR count). The molecule has 4 nitrogen and oxygen atoms in total. The number of benzene rings is 1. The molecule has 0 aromatic heterocycles. The molecule has 2 unspecified atom stereocenters. The van der Waals surface area contributed by atoms with E-state index in [0.717, 1.165) is 12.0 Å². The van der Waals surface area contributed by atoms with Gasteiger partial charge in [-0.05, 0) is 36.2 Å². The summed E-state index contributed by atoms with van der Waals surface area (Å²) >= 11 is 5.48. The summed E-state index contributed by atoms with van der Waals surface area (Å²) in [6, 6.07) is 6.77. The molecule has 0 saturated heterocycles. The van der Waals surface area contributed by atoms with E-state index in [9.17, 15) is 10.2 Å². The van der Waals surface area contributed by atoms with Crippen molar-refractivity contribution in [3.05, 3.63) is 29.8 Å². The SMILES string of the molecule is CCCC(O)(CC)[P+](=S)N(C)/N=C/c1ccc(O)cc1. The zero-order chi connectivity index (χ0) is 15.2. The first-order chi connectivity index (χ1) is 9.42. The van der Waals surface area contributed by atoms with Crippen molar-refractivity contribution in [2.75, 3.05) is 7.05 Å².